The van der Waals surface area contributed by atoms with Crippen molar-refractivity contribution in [3.05, 3.63) is 53.6 Å². The Morgan fingerprint density at radius 1 is 1.16 bits per heavy atom. The van der Waals surface area contributed by atoms with Gasteiger partial charge < -0.3 is 14.8 Å². The van der Waals surface area contributed by atoms with E-state index in [9.17, 15) is 26.4 Å². The van der Waals surface area contributed by atoms with E-state index in [1.54, 1.807) is 6.92 Å². The number of anilines is 1. The summed E-state index contributed by atoms with van der Waals surface area (Å²) in [5.41, 5.74) is -0.554. The summed E-state index contributed by atoms with van der Waals surface area (Å²) >= 11 is 0. The molecule has 11 heteroatoms. The summed E-state index contributed by atoms with van der Waals surface area (Å²) < 4.78 is 76.6. The Balaban J connectivity index is 1.83. The molecule has 0 saturated carbocycles. The van der Waals surface area contributed by atoms with Crippen molar-refractivity contribution >= 4 is 21.6 Å². The summed E-state index contributed by atoms with van der Waals surface area (Å²) in [6, 6.07) is 8.59. The fourth-order valence-electron chi connectivity index (χ4n) is 3.22. The van der Waals surface area contributed by atoms with Crippen molar-refractivity contribution in [2.45, 2.75) is 24.4 Å². The lowest BCUT2D eigenvalue weighted by Gasteiger charge is -2.26. The quantitative estimate of drug-likeness (QED) is 0.669. The molecule has 1 fully saturated rings. The number of carbonyl (C=O) groups is 1. The first-order chi connectivity index (χ1) is 15.1. The number of alkyl halides is 3. The van der Waals surface area contributed by atoms with Crippen LogP contribution in [0.2, 0.25) is 0 Å². The molecule has 1 N–H and O–H groups in total. The number of hydrogen-bond acceptors (Lipinski definition) is 5. The standard InChI is InChI=1S/C21H23F3N2O5S/c1-2-31-19-7-6-17(32(28,29)26-8-10-30-11-9-26)14-18(19)25-20(27)13-15-4-3-5-16(12-15)21(22,23)24/h3-7,12,14H,2,8-11,13H2,1H3,(H,25,27). The van der Waals surface area contributed by atoms with Gasteiger partial charge in [-0.05, 0) is 36.8 Å². The lowest BCUT2D eigenvalue weighted by Crippen LogP contribution is -2.40. The molecule has 0 aromatic heterocycles. The molecule has 3 rings (SSSR count). The number of carbonyl (C=O) groups excluding carboxylic acids is 1. The minimum atomic E-state index is -4.52. The molecule has 0 spiro atoms. The van der Waals surface area contributed by atoms with E-state index in [2.05, 4.69) is 5.32 Å². The minimum Gasteiger partial charge on any atom is -0.492 e. The second-order valence-corrected chi connectivity index (χ2v) is 8.97. The third-order valence-corrected chi connectivity index (χ3v) is 6.65. The first kappa shape index (κ1) is 24.0. The van der Waals surface area contributed by atoms with E-state index in [-0.39, 0.29) is 61.2 Å². The van der Waals surface area contributed by atoms with Crippen molar-refractivity contribution in [2.75, 3.05) is 38.2 Å². The number of nitrogens with one attached hydrogen (secondary N) is 1. The van der Waals surface area contributed by atoms with Crippen LogP contribution in [0.3, 0.4) is 0 Å². The minimum absolute atomic E-state index is 0.0304. The second-order valence-electron chi connectivity index (χ2n) is 7.03. The van der Waals surface area contributed by atoms with Gasteiger partial charge in [0, 0.05) is 13.1 Å². The zero-order valence-electron chi connectivity index (χ0n) is 17.3. The third-order valence-electron chi connectivity index (χ3n) is 4.75. The molecule has 2 aromatic carbocycles. The van der Waals surface area contributed by atoms with Crippen LogP contribution in [0.1, 0.15) is 18.1 Å². The van der Waals surface area contributed by atoms with Gasteiger partial charge in [-0.15, -0.1) is 0 Å². The van der Waals surface area contributed by atoms with Gasteiger partial charge in [0.25, 0.3) is 0 Å². The monoisotopic (exact) mass is 472 g/mol. The van der Waals surface area contributed by atoms with Gasteiger partial charge >= 0.3 is 6.18 Å². The molecular formula is C21H23F3N2O5S. The molecule has 1 saturated heterocycles. The van der Waals surface area contributed by atoms with Crippen molar-refractivity contribution < 1.29 is 35.9 Å². The smallest absolute Gasteiger partial charge is 0.416 e. The van der Waals surface area contributed by atoms with E-state index >= 15 is 0 Å². The van der Waals surface area contributed by atoms with Gasteiger partial charge in [-0.1, -0.05) is 18.2 Å². The Morgan fingerprint density at radius 2 is 1.88 bits per heavy atom. The molecule has 7 nitrogen and oxygen atoms in total. The van der Waals surface area contributed by atoms with Crippen LogP contribution in [0.15, 0.2) is 47.4 Å². The lowest BCUT2D eigenvalue weighted by molar-refractivity contribution is -0.137. The number of rotatable bonds is 7. The fourth-order valence-corrected chi connectivity index (χ4v) is 4.66. The van der Waals surface area contributed by atoms with Crippen molar-refractivity contribution in [2.24, 2.45) is 0 Å². The topological polar surface area (TPSA) is 84.9 Å². The first-order valence-corrected chi connectivity index (χ1v) is 11.4. The van der Waals surface area contributed by atoms with E-state index in [4.69, 9.17) is 9.47 Å². The highest BCUT2D eigenvalue weighted by Gasteiger charge is 2.30. The van der Waals surface area contributed by atoms with Crippen LogP contribution in [0, 0.1) is 0 Å². The van der Waals surface area contributed by atoms with Crippen LogP contribution in [-0.4, -0.2) is 51.5 Å². The fraction of sp³-hybridized carbons (Fsp3) is 0.381. The highest BCUT2D eigenvalue weighted by atomic mass is 32.2. The average Bonchev–Trinajstić information content (AvgIpc) is 2.75. The van der Waals surface area contributed by atoms with Crippen LogP contribution in [-0.2, 0) is 32.2 Å². The number of sulfonamides is 1. The molecule has 1 aliphatic heterocycles. The number of halogens is 3. The van der Waals surface area contributed by atoms with E-state index in [0.717, 1.165) is 12.1 Å². The molecule has 1 heterocycles. The second kappa shape index (κ2) is 9.88. The van der Waals surface area contributed by atoms with Crippen LogP contribution in [0.4, 0.5) is 18.9 Å². The molecule has 0 aliphatic carbocycles. The molecule has 32 heavy (non-hydrogen) atoms. The molecule has 0 bridgehead atoms. The van der Waals surface area contributed by atoms with E-state index < -0.39 is 27.7 Å². The maximum absolute atomic E-state index is 12.9. The van der Waals surface area contributed by atoms with Crippen molar-refractivity contribution in [3.63, 3.8) is 0 Å². The van der Waals surface area contributed by atoms with Crippen molar-refractivity contribution in [1.29, 1.82) is 0 Å². The normalized spacial score (nSPS) is 15.4. The summed E-state index contributed by atoms with van der Waals surface area (Å²) in [5, 5.41) is 2.56. The number of hydrogen-bond donors (Lipinski definition) is 1. The number of amides is 1. The van der Waals surface area contributed by atoms with Crippen molar-refractivity contribution in [3.8, 4) is 5.75 Å². The SMILES string of the molecule is CCOc1ccc(S(=O)(=O)N2CCOCC2)cc1NC(=O)Cc1cccc(C(F)(F)F)c1. The van der Waals surface area contributed by atoms with E-state index in [0.29, 0.717) is 0 Å². The van der Waals surface area contributed by atoms with Crippen LogP contribution < -0.4 is 10.1 Å². The van der Waals surface area contributed by atoms with Crippen molar-refractivity contribution in [1.82, 2.24) is 4.31 Å². The third kappa shape index (κ3) is 5.78. The summed E-state index contributed by atoms with van der Waals surface area (Å²) in [7, 11) is -3.81. The Morgan fingerprint density at radius 3 is 2.53 bits per heavy atom. The molecule has 1 aliphatic rings. The predicted molar refractivity (Wildman–Crippen MR) is 111 cm³/mol. The lowest BCUT2D eigenvalue weighted by atomic mass is 10.1. The highest BCUT2D eigenvalue weighted by molar-refractivity contribution is 7.89. The van der Waals surface area contributed by atoms with E-state index in [1.807, 2.05) is 0 Å². The highest BCUT2D eigenvalue weighted by Crippen LogP contribution is 2.31. The van der Waals surface area contributed by atoms with Crippen LogP contribution >= 0.6 is 0 Å². The molecule has 2 aromatic rings. The Hall–Kier alpha value is -2.63. The largest absolute Gasteiger partial charge is 0.492 e. The Labute approximate surface area is 184 Å². The molecule has 0 unspecified atom stereocenters. The molecule has 1 amide bonds. The average molecular weight is 472 g/mol. The van der Waals surface area contributed by atoms with E-state index in [1.165, 1.54) is 34.6 Å². The summed E-state index contributed by atoms with van der Waals surface area (Å²) in [4.78, 5) is 12.5. The molecule has 0 atom stereocenters. The first-order valence-electron chi connectivity index (χ1n) is 9.92. The van der Waals surface area contributed by atoms with Gasteiger partial charge in [0.2, 0.25) is 15.9 Å². The van der Waals surface area contributed by atoms with Gasteiger partial charge in [0.15, 0.2) is 0 Å². The molecule has 0 radical (unpaired) electrons. The predicted octanol–water partition coefficient (Wildman–Crippen LogP) is 3.31. The zero-order chi connectivity index (χ0) is 23.4. The summed E-state index contributed by atoms with van der Waals surface area (Å²) in [6.45, 7) is 3.01. The van der Waals surface area contributed by atoms with Gasteiger partial charge in [-0.25, -0.2) is 8.42 Å². The maximum atomic E-state index is 12.9. The van der Waals surface area contributed by atoms with Gasteiger partial charge in [-0.2, -0.15) is 17.5 Å². The number of nitrogens with zero attached hydrogens (tertiary/aromatic N) is 1. The number of ether oxygens (including phenoxy) is 2. The van der Waals surface area contributed by atoms with Gasteiger partial charge in [0.05, 0.1) is 42.4 Å². The number of benzene rings is 2. The van der Waals surface area contributed by atoms with Gasteiger partial charge in [-0.3, -0.25) is 4.79 Å². The van der Waals surface area contributed by atoms with Crippen LogP contribution in [0.5, 0.6) is 5.75 Å². The Kier molecular flexibility index (Phi) is 7.42. The molecule has 174 valence electrons. The Bertz CT molecular complexity index is 1070. The molecular weight excluding hydrogens is 449 g/mol. The zero-order valence-corrected chi connectivity index (χ0v) is 18.1. The summed E-state index contributed by atoms with van der Waals surface area (Å²) in [5.74, 6) is -0.350. The van der Waals surface area contributed by atoms with Crippen LogP contribution in [0.25, 0.3) is 0 Å². The number of morpholine rings is 1. The maximum Gasteiger partial charge on any atom is 0.416 e. The van der Waals surface area contributed by atoms with Gasteiger partial charge in [0.1, 0.15) is 5.75 Å². The summed E-state index contributed by atoms with van der Waals surface area (Å²) in [6.07, 6.45) is -4.84.